The third kappa shape index (κ3) is 3.47. The first kappa shape index (κ1) is 19.2. The van der Waals surface area contributed by atoms with Gasteiger partial charge in [-0.15, -0.1) is 0 Å². The Bertz CT molecular complexity index is 704. The Hall–Kier alpha value is -1.59. The first-order valence-electron chi connectivity index (χ1n) is 9.10. The van der Waals surface area contributed by atoms with Crippen molar-refractivity contribution in [3.63, 3.8) is 0 Å². The number of ether oxygens (including phenoxy) is 1. The quantitative estimate of drug-likeness (QED) is 0.836. The van der Waals surface area contributed by atoms with Crippen LogP contribution in [0.25, 0.3) is 0 Å². The number of hydrogen-bond acceptors (Lipinski definition) is 3. The first-order chi connectivity index (χ1) is 12.1. The van der Waals surface area contributed by atoms with Gasteiger partial charge in [0.2, 0.25) is 0 Å². The highest BCUT2D eigenvalue weighted by atomic mass is 35.5. The number of nitrogens with zero attached hydrogens (tertiary/aromatic N) is 1. The van der Waals surface area contributed by atoms with Crippen molar-refractivity contribution in [2.24, 2.45) is 11.3 Å². The number of rotatable bonds is 2. The molecule has 1 N–H and O–H groups in total. The van der Waals surface area contributed by atoms with Crippen molar-refractivity contribution < 1.29 is 19.4 Å². The van der Waals surface area contributed by atoms with Crippen molar-refractivity contribution in [3.8, 4) is 0 Å². The molecule has 3 rings (SSSR count). The molecular formula is C20H26ClNO4. The Balaban J connectivity index is 1.90. The molecule has 142 valence electrons. The lowest BCUT2D eigenvalue weighted by Crippen LogP contribution is -2.55. The first-order valence-corrected chi connectivity index (χ1v) is 9.48. The third-order valence-corrected chi connectivity index (χ3v) is 6.06. The molecule has 1 atom stereocenters. The van der Waals surface area contributed by atoms with Gasteiger partial charge in [-0.05, 0) is 55.2 Å². The van der Waals surface area contributed by atoms with Crippen LogP contribution in [0.1, 0.15) is 56.8 Å². The molecule has 0 unspecified atom stereocenters. The number of hydrogen-bond donors (Lipinski definition) is 1. The zero-order chi connectivity index (χ0) is 19.1. The van der Waals surface area contributed by atoms with E-state index in [1.54, 1.807) is 24.3 Å². The summed E-state index contributed by atoms with van der Waals surface area (Å²) in [6, 6.07) is 5.67. The van der Waals surface area contributed by atoms with E-state index in [-0.39, 0.29) is 17.9 Å². The number of benzene rings is 1. The van der Waals surface area contributed by atoms with Crippen molar-refractivity contribution in [3.05, 3.63) is 34.9 Å². The lowest BCUT2D eigenvalue weighted by molar-refractivity contribution is -0.144. The fourth-order valence-electron chi connectivity index (χ4n) is 4.25. The third-order valence-electron chi connectivity index (χ3n) is 5.83. The van der Waals surface area contributed by atoms with Crippen LogP contribution in [0.15, 0.2) is 24.3 Å². The minimum absolute atomic E-state index is 0.0296. The van der Waals surface area contributed by atoms with Crippen LogP contribution in [0, 0.1) is 11.3 Å². The average molecular weight is 380 g/mol. The van der Waals surface area contributed by atoms with Crippen molar-refractivity contribution >= 4 is 23.5 Å². The van der Waals surface area contributed by atoms with E-state index in [2.05, 4.69) is 20.8 Å². The van der Waals surface area contributed by atoms with Crippen LogP contribution < -0.4 is 0 Å². The van der Waals surface area contributed by atoms with E-state index in [1.807, 2.05) is 0 Å². The molecule has 0 radical (unpaired) electrons. The number of carboxylic acid groups (broad SMARTS) is 1. The Kier molecular flexibility index (Phi) is 5.06. The predicted octanol–water partition coefficient (Wildman–Crippen LogP) is 4.20. The van der Waals surface area contributed by atoms with Crippen LogP contribution in [0.2, 0.25) is 5.02 Å². The molecule has 1 amide bonds. The minimum atomic E-state index is -1.03. The Morgan fingerprint density at radius 3 is 2.46 bits per heavy atom. The molecule has 0 bridgehead atoms. The minimum Gasteiger partial charge on any atom is -0.480 e. The summed E-state index contributed by atoms with van der Waals surface area (Å²) in [7, 11) is 0. The van der Waals surface area contributed by atoms with Gasteiger partial charge in [0.05, 0.1) is 6.61 Å². The van der Waals surface area contributed by atoms with Crippen molar-refractivity contribution in [2.75, 3.05) is 6.61 Å². The highest BCUT2D eigenvalue weighted by Gasteiger charge is 2.54. The normalized spacial score (nSPS) is 29.2. The molecule has 1 saturated carbocycles. The molecule has 1 aromatic rings. The van der Waals surface area contributed by atoms with E-state index < -0.39 is 17.7 Å². The molecule has 26 heavy (non-hydrogen) atoms. The lowest BCUT2D eigenvalue weighted by Gasteiger charge is -2.46. The topological polar surface area (TPSA) is 66.8 Å². The Morgan fingerprint density at radius 1 is 1.27 bits per heavy atom. The zero-order valence-corrected chi connectivity index (χ0v) is 16.3. The van der Waals surface area contributed by atoms with Gasteiger partial charge in [-0.2, -0.15) is 0 Å². The van der Waals surface area contributed by atoms with Gasteiger partial charge in [-0.25, -0.2) is 4.79 Å². The van der Waals surface area contributed by atoms with Gasteiger partial charge in [-0.3, -0.25) is 9.69 Å². The predicted molar refractivity (Wildman–Crippen MR) is 99.1 cm³/mol. The highest BCUT2D eigenvalue weighted by molar-refractivity contribution is 6.31. The van der Waals surface area contributed by atoms with Gasteiger partial charge in [-0.1, -0.05) is 38.4 Å². The molecule has 1 heterocycles. The van der Waals surface area contributed by atoms with Gasteiger partial charge in [0.15, 0.2) is 6.04 Å². The van der Waals surface area contributed by atoms with Crippen molar-refractivity contribution in [1.29, 1.82) is 0 Å². The van der Waals surface area contributed by atoms with E-state index in [0.717, 1.165) is 12.8 Å². The second kappa shape index (κ2) is 6.86. The average Bonchev–Trinajstić information content (AvgIpc) is 2.92. The Labute approximate surface area is 159 Å². The SMILES string of the molecule is CC(C)(C)C1CCC2(CC1)OC[C@@H](C(=O)O)N2C(=O)c1cccc(Cl)c1. The van der Waals surface area contributed by atoms with E-state index in [4.69, 9.17) is 16.3 Å². The fraction of sp³-hybridized carbons (Fsp3) is 0.600. The Morgan fingerprint density at radius 2 is 1.92 bits per heavy atom. The van der Waals surface area contributed by atoms with Crippen molar-refractivity contribution in [2.45, 2.75) is 58.2 Å². The molecular weight excluding hydrogens is 354 g/mol. The molecule has 0 aromatic heterocycles. The van der Waals surface area contributed by atoms with Crippen LogP contribution in [0.4, 0.5) is 0 Å². The van der Waals surface area contributed by atoms with Gasteiger partial charge >= 0.3 is 5.97 Å². The van der Waals surface area contributed by atoms with Crippen LogP contribution in [0.5, 0.6) is 0 Å². The van der Waals surface area contributed by atoms with Gasteiger partial charge in [0.1, 0.15) is 5.72 Å². The smallest absolute Gasteiger partial charge is 0.328 e. The molecule has 2 fully saturated rings. The summed E-state index contributed by atoms with van der Waals surface area (Å²) < 4.78 is 5.99. The monoisotopic (exact) mass is 379 g/mol. The lowest BCUT2D eigenvalue weighted by atomic mass is 9.70. The number of carbonyl (C=O) groups excluding carboxylic acids is 1. The number of carboxylic acids is 1. The van der Waals surface area contributed by atoms with Crippen LogP contribution in [-0.2, 0) is 9.53 Å². The summed E-state index contributed by atoms with van der Waals surface area (Å²) in [4.78, 5) is 26.4. The number of halogens is 1. The molecule has 2 aliphatic rings. The number of amides is 1. The molecule has 1 aliphatic heterocycles. The summed E-state index contributed by atoms with van der Waals surface area (Å²) in [6.45, 7) is 6.70. The van der Waals surface area contributed by atoms with Crippen LogP contribution in [0.3, 0.4) is 0 Å². The summed E-state index contributed by atoms with van der Waals surface area (Å²) in [5.41, 5.74) is -0.245. The molecule has 6 heteroatoms. The van der Waals surface area contributed by atoms with Crippen LogP contribution >= 0.6 is 11.6 Å². The highest BCUT2D eigenvalue weighted by Crippen LogP contribution is 2.47. The standard InChI is InChI=1S/C20H26ClNO4/c1-19(2,3)14-7-9-20(10-8-14)22(16(12-26-20)18(24)25)17(23)13-5-4-6-15(21)11-13/h4-6,11,14,16H,7-10,12H2,1-3H3,(H,24,25)/t14?,16-,20?/m0/s1. The van der Waals surface area contributed by atoms with E-state index in [9.17, 15) is 14.7 Å². The van der Waals surface area contributed by atoms with Gasteiger partial charge in [0.25, 0.3) is 5.91 Å². The maximum atomic E-state index is 13.2. The largest absolute Gasteiger partial charge is 0.480 e. The molecule has 1 aromatic carbocycles. The summed E-state index contributed by atoms with van der Waals surface area (Å²) >= 11 is 6.02. The van der Waals surface area contributed by atoms with Gasteiger partial charge in [0, 0.05) is 10.6 Å². The summed E-state index contributed by atoms with van der Waals surface area (Å²) in [5.74, 6) is -0.828. The number of carbonyl (C=O) groups is 2. The second-order valence-corrected chi connectivity index (χ2v) is 8.87. The van der Waals surface area contributed by atoms with Crippen LogP contribution in [-0.4, -0.2) is 40.3 Å². The molecule has 1 aliphatic carbocycles. The molecule has 1 saturated heterocycles. The molecule has 1 spiro atoms. The molecule has 5 nitrogen and oxygen atoms in total. The maximum Gasteiger partial charge on any atom is 0.328 e. The zero-order valence-electron chi connectivity index (χ0n) is 15.5. The maximum absolute atomic E-state index is 13.2. The van der Waals surface area contributed by atoms with E-state index in [0.29, 0.717) is 29.3 Å². The number of aliphatic carboxylic acids is 1. The summed E-state index contributed by atoms with van der Waals surface area (Å²) in [5, 5.41) is 10.1. The van der Waals surface area contributed by atoms with E-state index >= 15 is 0 Å². The van der Waals surface area contributed by atoms with Crippen molar-refractivity contribution in [1.82, 2.24) is 4.90 Å². The van der Waals surface area contributed by atoms with Gasteiger partial charge < -0.3 is 9.84 Å². The second-order valence-electron chi connectivity index (χ2n) is 8.44. The summed E-state index contributed by atoms with van der Waals surface area (Å²) in [6.07, 6.45) is 3.14. The van der Waals surface area contributed by atoms with E-state index in [1.165, 1.54) is 4.90 Å². The fourth-order valence-corrected chi connectivity index (χ4v) is 4.44.